The topological polar surface area (TPSA) is 43.8 Å². The highest BCUT2D eigenvalue weighted by atomic mass is 35.5. The van der Waals surface area contributed by atoms with Gasteiger partial charge < -0.3 is 10.3 Å². The van der Waals surface area contributed by atoms with E-state index in [2.05, 4.69) is 16.5 Å². The molecule has 0 bridgehead atoms. The molecule has 1 aliphatic carbocycles. The Morgan fingerprint density at radius 3 is 2.83 bits per heavy atom. The second-order valence-corrected chi connectivity index (χ2v) is 6.14. The fourth-order valence-corrected chi connectivity index (χ4v) is 3.22. The molecular formula is C14H18ClN3. The average Bonchev–Trinajstić information content (AvgIpc) is 2.85. The van der Waals surface area contributed by atoms with Crippen LogP contribution in [-0.2, 0) is 6.54 Å². The molecule has 2 N–H and O–H groups in total. The lowest BCUT2D eigenvalue weighted by Gasteiger charge is -2.24. The number of nitrogens with two attached hydrogens (primary N) is 1. The largest absolute Gasteiger partial charge is 0.369 e. The van der Waals surface area contributed by atoms with Crippen LogP contribution in [-0.4, -0.2) is 9.55 Å². The number of fused-ring (bicyclic) bond motifs is 1. The van der Waals surface area contributed by atoms with Crippen LogP contribution >= 0.6 is 11.6 Å². The molecule has 1 aromatic heterocycles. The number of hydrogen-bond donors (Lipinski definition) is 1. The summed E-state index contributed by atoms with van der Waals surface area (Å²) in [6.45, 7) is 3.30. The molecule has 0 spiro atoms. The van der Waals surface area contributed by atoms with Gasteiger partial charge in [0.25, 0.3) is 0 Å². The number of nitrogen functional groups attached to an aromatic ring is 1. The SMILES string of the molecule is CC1(Cn2c(N)nc3cc(Cl)ccc32)CCCC1. The van der Waals surface area contributed by atoms with Crippen LogP contribution in [0.5, 0.6) is 0 Å². The molecule has 1 aromatic carbocycles. The van der Waals surface area contributed by atoms with Crippen LogP contribution in [0, 0.1) is 5.41 Å². The Morgan fingerprint density at radius 2 is 2.11 bits per heavy atom. The van der Waals surface area contributed by atoms with E-state index >= 15 is 0 Å². The van der Waals surface area contributed by atoms with Gasteiger partial charge in [0.1, 0.15) is 0 Å². The van der Waals surface area contributed by atoms with Gasteiger partial charge in [-0.25, -0.2) is 4.98 Å². The smallest absolute Gasteiger partial charge is 0.201 e. The van der Waals surface area contributed by atoms with E-state index < -0.39 is 0 Å². The first-order valence-electron chi connectivity index (χ1n) is 6.49. The zero-order valence-corrected chi connectivity index (χ0v) is 11.4. The average molecular weight is 264 g/mol. The van der Waals surface area contributed by atoms with E-state index in [-0.39, 0.29) is 0 Å². The maximum atomic E-state index is 6.05. The van der Waals surface area contributed by atoms with E-state index in [1.165, 1.54) is 25.7 Å². The van der Waals surface area contributed by atoms with Gasteiger partial charge in [-0.1, -0.05) is 31.4 Å². The Kier molecular flexibility index (Phi) is 2.74. The predicted molar refractivity (Wildman–Crippen MR) is 75.7 cm³/mol. The fourth-order valence-electron chi connectivity index (χ4n) is 3.06. The van der Waals surface area contributed by atoms with E-state index in [1.807, 2.05) is 18.2 Å². The number of anilines is 1. The minimum atomic E-state index is 0.362. The number of rotatable bonds is 2. The summed E-state index contributed by atoms with van der Waals surface area (Å²) in [5.41, 5.74) is 8.39. The number of nitrogens with zero attached hydrogens (tertiary/aromatic N) is 2. The first-order valence-corrected chi connectivity index (χ1v) is 6.86. The Morgan fingerprint density at radius 1 is 1.39 bits per heavy atom. The van der Waals surface area contributed by atoms with E-state index in [0.717, 1.165) is 17.6 Å². The first kappa shape index (κ1) is 11.8. The Balaban J connectivity index is 2.03. The van der Waals surface area contributed by atoms with Crippen LogP contribution in [0.2, 0.25) is 5.02 Å². The zero-order chi connectivity index (χ0) is 12.8. The van der Waals surface area contributed by atoms with Gasteiger partial charge in [0.15, 0.2) is 0 Å². The highest BCUT2D eigenvalue weighted by Crippen LogP contribution is 2.40. The molecule has 18 heavy (non-hydrogen) atoms. The molecule has 4 heteroatoms. The minimum Gasteiger partial charge on any atom is -0.369 e. The number of hydrogen-bond acceptors (Lipinski definition) is 2. The monoisotopic (exact) mass is 263 g/mol. The van der Waals surface area contributed by atoms with Gasteiger partial charge in [-0.2, -0.15) is 0 Å². The summed E-state index contributed by atoms with van der Waals surface area (Å²) in [6.07, 6.45) is 5.21. The summed E-state index contributed by atoms with van der Waals surface area (Å²) in [6, 6.07) is 5.79. The second-order valence-electron chi connectivity index (χ2n) is 5.71. The van der Waals surface area contributed by atoms with E-state index in [9.17, 15) is 0 Å². The number of aromatic nitrogens is 2. The molecule has 1 heterocycles. The van der Waals surface area contributed by atoms with Crippen molar-refractivity contribution < 1.29 is 0 Å². The Labute approximate surface area is 112 Å². The van der Waals surface area contributed by atoms with Crippen LogP contribution < -0.4 is 5.73 Å². The number of halogens is 1. The lowest BCUT2D eigenvalue weighted by Crippen LogP contribution is -2.20. The lowest BCUT2D eigenvalue weighted by molar-refractivity contribution is 0.287. The first-order chi connectivity index (χ1) is 8.57. The molecule has 1 aliphatic rings. The van der Waals surface area contributed by atoms with Gasteiger partial charge in [-0.05, 0) is 36.5 Å². The lowest BCUT2D eigenvalue weighted by atomic mass is 9.89. The van der Waals surface area contributed by atoms with E-state index in [1.54, 1.807) is 0 Å². The summed E-state index contributed by atoms with van der Waals surface area (Å²) < 4.78 is 2.14. The Bertz CT molecular complexity index is 582. The third kappa shape index (κ3) is 1.97. The number of imidazole rings is 1. The second kappa shape index (κ2) is 4.16. The molecule has 0 aliphatic heterocycles. The maximum Gasteiger partial charge on any atom is 0.201 e. The van der Waals surface area contributed by atoms with Gasteiger partial charge in [0.05, 0.1) is 11.0 Å². The summed E-state index contributed by atoms with van der Waals surface area (Å²) in [7, 11) is 0. The van der Waals surface area contributed by atoms with Crippen LogP contribution in [0.25, 0.3) is 11.0 Å². The summed E-state index contributed by atoms with van der Waals surface area (Å²) in [4.78, 5) is 4.40. The molecule has 3 rings (SSSR count). The summed E-state index contributed by atoms with van der Waals surface area (Å²) in [5.74, 6) is 0.598. The molecule has 0 radical (unpaired) electrons. The standard InChI is InChI=1S/C14H18ClN3/c1-14(6-2-3-7-14)9-18-12-5-4-10(15)8-11(12)17-13(18)16/h4-5,8H,2-3,6-7,9H2,1H3,(H2,16,17). The molecule has 1 saturated carbocycles. The van der Waals surface area contributed by atoms with Crippen LogP contribution in [0.1, 0.15) is 32.6 Å². The molecule has 2 aromatic rings. The van der Waals surface area contributed by atoms with Crippen molar-refractivity contribution in [3.63, 3.8) is 0 Å². The van der Waals surface area contributed by atoms with Crippen molar-refractivity contribution in [2.45, 2.75) is 39.2 Å². The van der Waals surface area contributed by atoms with Crippen molar-refractivity contribution in [2.24, 2.45) is 5.41 Å². The molecule has 0 unspecified atom stereocenters. The quantitative estimate of drug-likeness (QED) is 0.894. The summed E-state index contributed by atoms with van der Waals surface area (Å²) in [5, 5.41) is 0.708. The van der Waals surface area contributed by atoms with Gasteiger partial charge in [-0.3, -0.25) is 0 Å². The normalized spacial score (nSPS) is 18.6. The summed E-state index contributed by atoms with van der Waals surface area (Å²) >= 11 is 5.99. The van der Waals surface area contributed by atoms with Crippen molar-refractivity contribution in [3.05, 3.63) is 23.2 Å². The third-order valence-corrected chi connectivity index (χ3v) is 4.33. The van der Waals surface area contributed by atoms with Crippen molar-refractivity contribution in [1.82, 2.24) is 9.55 Å². The molecule has 0 saturated heterocycles. The van der Waals surface area contributed by atoms with Gasteiger partial charge >= 0.3 is 0 Å². The molecule has 1 fully saturated rings. The van der Waals surface area contributed by atoms with Crippen molar-refractivity contribution in [2.75, 3.05) is 5.73 Å². The molecule has 0 amide bonds. The Hall–Kier alpha value is -1.22. The maximum absolute atomic E-state index is 6.05. The third-order valence-electron chi connectivity index (χ3n) is 4.09. The van der Waals surface area contributed by atoms with Crippen molar-refractivity contribution in [3.8, 4) is 0 Å². The molecule has 3 nitrogen and oxygen atoms in total. The molecular weight excluding hydrogens is 246 g/mol. The van der Waals surface area contributed by atoms with Gasteiger partial charge in [0, 0.05) is 11.6 Å². The van der Waals surface area contributed by atoms with Crippen LogP contribution in [0.15, 0.2) is 18.2 Å². The van der Waals surface area contributed by atoms with Crippen molar-refractivity contribution in [1.29, 1.82) is 0 Å². The van der Waals surface area contributed by atoms with Crippen LogP contribution in [0.3, 0.4) is 0 Å². The van der Waals surface area contributed by atoms with E-state index in [4.69, 9.17) is 17.3 Å². The zero-order valence-electron chi connectivity index (χ0n) is 10.6. The van der Waals surface area contributed by atoms with Gasteiger partial charge in [0.2, 0.25) is 5.95 Å². The van der Waals surface area contributed by atoms with Crippen molar-refractivity contribution >= 4 is 28.6 Å². The fraction of sp³-hybridized carbons (Fsp3) is 0.500. The molecule has 0 atom stereocenters. The number of benzene rings is 1. The minimum absolute atomic E-state index is 0.362. The predicted octanol–water partition coefficient (Wildman–Crippen LogP) is 3.85. The highest BCUT2D eigenvalue weighted by molar-refractivity contribution is 6.31. The van der Waals surface area contributed by atoms with Gasteiger partial charge in [-0.15, -0.1) is 0 Å². The molecule has 96 valence electrons. The van der Waals surface area contributed by atoms with Crippen LogP contribution in [0.4, 0.5) is 5.95 Å². The van der Waals surface area contributed by atoms with E-state index in [0.29, 0.717) is 16.4 Å². The highest BCUT2D eigenvalue weighted by Gasteiger charge is 2.30.